The van der Waals surface area contributed by atoms with Crippen LogP contribution in [0.2, 0.25) is 15.7 Å². The number of phenols is 1. The van der Waals surface area contributed by atoms with Gasteiger partial charge in [-0.25, -0.2) is 33.1 Å². The molecule has 0 fully saturated rings. The number of ether oxygens (including phenoxy) is 4. The highest BCUT2D eigenvalue weighted by atomic mass is 35.5. The van der Waals surface area contributed by atoms with Crippen molar-refractivity contribution in [1.82, 2.24) is 29.9 Å². The molecule has 7 N–H and O–H groups in total. The summed E-state index contributed by atoms with van der Waals surface area (Å²) in [5.74, 6) is -3.61. The lowest BCUT2D eigenvalue weighted by atomic mass is 9.79. The fraction of sp³-hybridized carbons (Fsp3) is 0.0714. The maximum absolute atomic E-state index is 14.7. The van der Waals surface area contributed by atoms with E-state index in [0.29, 0.717) is 36.8 Å². The average molecular weight is 1860 g/mol. The summed E-state index contributed by atoms with van der Waals surface area (Å²) in [5.41, 5.74) is 4.62. The molecule has 0 unspecified atom stereocenters. The van der Waals surface area contributed by atoms with E-state index in [1.54, 1.807) is 12.1 Å². The quantitative estimate of drug-likeness (QED) is 0.00659. The zero-order chi connectivity index (χ0) is 94.8. The number of nitrogens with two attached hydrogens (primary N) is 1. The van der Waals surface area contributed by atoms with Crippen LogP contribution in [0.25, 0.3) is 11.4 Å². The van der Waals surface area contributed by atoms with Crippen LogP contribution in [-0.2, 0) is 38.8 Å². The molecule has 670 valence electrons. The summed E-state index contributed by atoms with van der Waals surface area (Å²) in [6, 6.07) is 64.5. The lowest BCUT2D eigenvalue weighted by molar-refractivity contribution is -0.387. The fourth-order valence-electron chi connectivity index (χ4n) is 10.0. The lowest BCUT2D eigenvalue weighted by Gasteiger charge is -2.12. The summed E-state index contributed by atoms with van der Waals surface area (Å²) in [4.78, 5) is 71.1. The van der Waals surface area contributed by atoms with Crippen molar-refractivity contribution < 1.29 is 107 Å². The molecule has 130 heavy (non-hydrogen) atoms. The monoisotopic (exact) mass is 1860 g/mol. The maximum Gasteiger partial charge on any atom is 0.488 e. The third-order valence-electron chi connectivity index (χ3n) is 16.4. The predicted molar refractivity (Wildman–Crippen MR) is 454 cm³/mol. The van der Waals surface area contributed by atoms with Crippen LogP contribution in [0.3, 0.4) is 0 Å². The predicted octanol–water partition coefficient (Wildman–Crippen LogP) is 20.8. The van der Waals surface area contributed by atoms with E-state index in [-0.39, 0.29) is 97.4 Å². The van der Waals surface area contributed by atoms with Gasteiger partial charge in [0.05, 0.1) is 52.8 Å². The molecule has 31 nitrogen and oxygen atoms in total. The number of nitrogen functional groups attached to an aromatic ring is 1. The molecule has 0 bridgehead atoms. The van der Waals surface area contributed by atoms with Crippen LogP contribution >= 0.6 is 34.8 Å². The van der Waals surface area contributed by atoms with Crippen molar-refractivity contribution in [3.8, 4) is 40.1 Å². The number of nitro benzene ring substituents is 2. The number of halogens is 14. The third-order valence-corrected chi connectivity index (χ3v) is 17.0. The summed E-state index contributed by atoms with van der Waals surface area (Å²) in [6.07, 6.45) is -6.29. The Morgan fingerprint density at radius 2 is 0.731 bits per heavy atom. The normalized spacial score (nSPS) is 10.5. The molecule has 0 aliphatic rings. The summed E-state index contributed by atoms with van der Waals surface area (Å²) < 4.78 is 165. The number of rotatable bonds is 23. The molecule has 14 rings (SSSR count). The van der Waals surface area contributed by atoms with Crippen molar-refractivity contribution in [2.45, 2.75) is 38.8 Å². The molecular weight excluding hydrogens is 1800 g/mol. The minimum Gasteiger partial charge on any atom is -0.508 e. The van der Waals surface area contributed by atoms with E-state index < -0.39 is 107 Å². The largest absolute Gasteiger partial charge is 0.508 e. The maximum atomic E-state index is 14.7. The van der Waals surface area contributed by atoms with Crippen LogP contribution in [-0.4, -0.2) is 76.8 Å². The summed E-state index contributed by atoms with van der Waals surface area (Å²) in [7, 11) is -1.87. The average Bonchev–Trinajstić information content (AvgIpc) is 0.798. The Labute approximate surface area is 741 Å². The standard InChI is InChI=1S/C24H16F4N4O3.C17H12ClFN4O3.C13H10FNO3.C13H12FNO.C7H6BF3O2.C6H4FNO3.C4HCl2N3O2/c25-19-12-18(35-14-15-5-2-1-3-6-15)9-10-20(19)30-23-21(32(33)34)13-29-22(31-23)16-7-4-8-17(11-16)24(26,27)28;18-17-20-9-15(23(24)25)16(22-17)21-14-7-6-12(8-13(14)19)26-10-11-4-2-1-3-5-11;14-12-8-11(6-7-13(12)15(16)17)18-9-10-4-2-1-3-5-10;14-12-8-11(6-7-13(12)15)16-9-10-4-2-1-3-5-10;9-7(10,11)5-2-1-3-6(4-5)8(12)13;7-5-3-4(9)1-2-6(5)8(10)11;5-3-2(9(10)11)1-7-4(6)8-3/h1-13H,14H2,(H,29,30,31);1-9H,10H2,(H,20,21,22);1-8H,9H2;1-8H,9,15H2;1-4,12-13H;1-3,9H;1H. The molecule has 0 spiro atoms. The molecule has 0 aliphatic carbocycles. The molecule has 0 radical (unpaired) electrons. The van der Waals surface area contributed by atoms with Gasteiger partial charge in [-0.1, -0.05) is 169 Å². The first-order valence-corrected chi connectivity index (χ1v) is 37.6. The Balaban J connectivity index is 0.000000195. The SMILES string of the molecule is Nc1ccc(OCc2ccccc2)cc1F.O=[N+]([O-])c1ccc(O)cc1F.O=[N+]([O-])c1ccc(OCc2ccccc2)cc1F.O=[N+]([O-])c1cnc(-c2cccc(C(F)(F)F)c2)nc1Nc1ccc(OCc2ccccc2)cc1F.O=[N+]([O-])c1cnc(Cl)nc1Cl.O=[N+]([O-])c1cnc(Cl)nc1Nc1ccc(OCc2ccccc2)cc1F.OB(O)c1cccc(C(F)(F)F)c1. The molecule has 3 aromatic heterocycles. The number of nitrogens with one attached hydrogen (secondary N) is 2. The Bertz CT molecular complexity index is 6160. The smallest absolute Gasteiger partial charge is 0.488 e. The molecule has 0 amide bonds. The second-order valence-electron chi connectivity index (χ2n) is 25.5. The van der Waals surface area contributed by atoms with E-state index in [9.17, 15) is 98.9 Å². The minimum atomic E-state index is -4.59. The van der Waals surface area contributed by atoms with Gasteiger partial charge in [-0.05, 0) is 112 Å². The van der Waals surface area contributed by atoms with Crippen LogP contribution in [0, 0.1) is 79.7 Å². The zero-order valence-electron chi connectivity index (χ0n) is 65.8. The first-order valence-electron chi connectivity index (χ1n) is 36.4. The second-order valence-corrected chi connectivity index (χ2v) is 26.6. The Hall–Kier alpha value is -15.9. The first kappa shape index (κ1) is 99.6. The number of hydrogen-bond acceptors (Lipinski definition) is 26. The number of anilines is 5. The van der Waals surface area contributed by atoms with E-state index in [4.69, 9.17) is 74.6 Å². The van der Waals surface area contributed by atoms with Crippen molar-refractivity contribution in [3.63, 3.8) is 0 Å². The van der Waals surface area contributed by atoms with Crippen LogP contribution in [0.4, 0.5) is 105 Å². The number of alkyl halides is 6. The highest BCUT2D eigenvalue weighted by Crippen LogP contribution is 2.36. The number of hydrogen-bond donors (Lipinski definition) is 6. The number of nitrogens with zero attached hydrogens (tertiary/aromatic N) is 11. The summed E-state index contributed by atoms with van der Waals surface area (Å²) in [5, 5.41) is 83.4. The van der Waals surface area contributed by atoms with Gasteiger partial charge >= 0.3 is 47.9 Å². The van der Waals surface area contributed by atoms with Crippen molar-refractivity contribution in [1.29, 1.82) is 0 Å². The number of benzene rings is 11. The molecule has 0 saturated heterocycles. The number of phenolic OH excluding ortho intramolecular Hbond substituents is 1. The molecule has 14 aromatic rings. The van der Waals surface area contributed by atoms with E-state index in [0.717, 1.165) is 95.4 Å². The van der Waals surface area contributed by atoms with Crippen LogP contribution < -0.4 is 40.8 Å². The zero-order valence-corrected chi connectivity index (χ0v) is 68.1. The van der Waals surface area contributed by atoms with Crippen molar-refractivity contribution in [3.05, 3.63) is 408 Å². The van der Waals surface area contributed by atoms with E-state index in [1.165, 1.54) is 60.7 Å². The highest BCUT2D eigenvalue weighted by Gasteiger charge is 2.33. The molecular formula is C84H61BCl3F11N14O17. The molecule has 0 aliphatic heterocycles. The van der Waals surface area contributed by atoms with Gasteiger partial charge in [0.25, 0.3) is 0 Å². The van der Waals surface area contributed by atoms with Gasteiger partial charge in [-0.3, -0.25) is 50.6 Å². The van der Waals surface area contributed by atoms with Crippen molar-refractivity contribution in [2.75, 3.05) is 16.4 Å². The molecule has 3 heterocycles. The fourth-order valence-corrected chi connectivity index (χ4v) is 10.6. The van der Waals surface area contributed by atoms with E-state index in [1.807, 2.05) is 121 Å². The second kappa shape index (κ2) is 48.0. The van der Waals surface area contributed by atoms with Gasteiger partial charge in [0, 0.05) is 48.0 Å². The van der Waals surface area contributed by atoms with Gasteiger partial charge in [0.1, 0.15) is 91.2 Å². The van der Waals surface area contributed by atoms with E-state index in [2.05, 4.69) is 40.5 Å². The van der Waals surface area contributed by atoms with Gasteiger partial charge in [0.15, 0.2) is 5.82 Å². The van der Waals surface area contributed by atoms with Crippen molar-refractivity contribution in [2.24, 2.45) is 0 Å². The third kappa shape index (κ3) is 32.0. The highest BCUT2D eigenvalue weighted by molar-refractivity contribution is 6.58. The summed E-state index contributed by atoms with van der Waals surface area (Å²) in [6.45, 7) is 1.22. The Kier molecular flexibility index (Phi) is 36.8. The van der Waals surface area contributed by atoms with Gasteiger partial charge in [-0.2, -0.15) is 45.1 Å². The van der Waals surface area contributed by atoms with E-state index >= 15 is 0 Å². The number of aromatic hydroxyl groups is 1. The Morgan fingerprint density at radius 3 is 1.12 bits per heavy atom. The van der Waals surface area contributed by atoms with Crippen LogP contribution in [0.1, 0.15) is 33.4 Å². The molecule has 0 saturated carbocycles. The van der Waals surface area contributed by atoms with Gasteiger partial charge < -0.3 is 50.5 Å². The molecule has 0 atom stereocenters. The number of nitro groups is 5. The number of aromatic nitrogens is 6. The summed E-state index contributed by atoms with van der Waals surface area (Å²) >= 11 is 16.3. The van der Waals surface area contributed by atoms with Gasteiger partial charge in [0.2, 0.25) is 39.0 Å². The Morgan fingerprint density at radius 1 is 0.377 bits per heavy atom. The minimum absolute atomic E-state index is 0.00470. The first-order chi connectivity index (χ1) is 61.8. The molecule has 46 heteroatoms. The molecule has 11 aromatic carbocycles. The van der Waals surface area contributed by atoms with Crippen LogP contribution in [0.15, 0.2) is 279 Å². The van der Waals surface area contributed by atoms with Crippen molar-refractivity contribution >= 4 is 105 Å². The van der Waals surface area contributed by atoms with Gasteiger partial charge in [-0.15, -0.1) is 0 Å². The topological polar surface area (TPSA) is 441 Å². The van der Waals surface area contributed by atoms with Crippen LogP contribution in [0.5, 0.6) is 28.7 Å². The lowest BCUT2D eigenvalue weighted by Crippen LogP contribution is -2.30.